The largest absolute Gasteiger partial charge is 0.452 e. The molecule has 0 aliphatic heterocycles. The van der Waals surface area contributed by atoms with E-state index in [0.29, 0.717) is 35.9 Å². The second kappa shape index (κ2) is 9.17. The normalized spacial score (nSPS) is 10.8. The summed E-state index contributed by atoms with van der Waals surface area (Å²) in [6, 6.07) is 8.36. The van der Waals surface area contributed by atoms with Crippen molar-refractivity contribution in [2.45, 2.75) is 46.5 Å². The number of esters is 1. The molecule has 26 heavy (non-hydrogen) atoms. The molecule has 0 unspecified atom stereocenters. The average Bonchev–Trinajstić information content (AvgIpc) is 3.01. The lowest BCUT2D eigenvalue weighted by molar-refractivity contribution is -0.124. The Labute approximate surface area is 153 Å². The Morgan fingerprint density at radius 1 is 1.23 bits per heavy atom. The third kappa shape index (κ3) is 5.18. The Morgan fingerprint density at radius 3 is 2.54 bits per heavy atom. The number of aromatic nitrogens is 1. The van der Waals surface area contributed by atoms with Crippen molar-refractivity contribution in [3.63, 3.8) is 0 Å². The van der Waals surface area contributed by atoms with Crippen molar-refractivity contribution in [1.29, 1.82) is 0 Å². The molecule has 1 aromatic carbocycles. The number of aryl methyl sites for hydroxylation is 2. The third-order valence-electron chi connectivity index (χ3n) is 4.19. The second-order valence-electron chi connectivity index (χ2n) is 6.49. The fourth-order valence-corrected chi connectivity index (χ4v) is 2.59. The summed E-state index contributed by atoms with van der Waals surface area (Å²) in [5.74, 6) is -0.0119. The van der Waals surface area contributed by atoms with E-state index in [1.54, 1.807) is 6.92 Å². The fraction of sp³-hybridized carbons (Fsp3) is 0.450. The molecule has 0 saturated heterocycles. The van der Waals surface area contributed by atoms with Gasteiger partial charge in [0.05, 0.1) is 5.69 Å². The van der Waals surface area contributed by atoms with Gasteiger partial charge in [-0.1, -0.05) is 50.2 Å². The molecule has 2 aromatic rings. The summed E-state index contributed by atoms with van der Waals surface area (Å²) in [5, 5.41) is 6.56. The number of hydrogen-bond donors (Lipinski definition) is 1. The molecule has 140 valence electrons. The number of benzene rings is 1. The molecule has 0 fully saturated rings. The Morgan fingerprint density at radius 2 is 1.92 bits per heavy atom. The molecule has 0 radical (unpaired) electrons. The van der Waals surface area contributed by atoms with E-state index >= 15 is 0 Å². The van der Waals surface area contributed by atoms with Gasteiger partial charge in [0.2, 0.25) is 0 Å². The van der Waals surface area contributed by atoms with Crippen LogP contribution in [0.4, 0.5) is 0 Å². The molecule has 1 N–H and O–H groups in total. The van der Waals surface area contributed by atoms with Crippen molar-refractivity contribution in [2.24, 2.45) is 0 Å². The van der Waals surface area contributed by atoms with Crippen LogP contribution in [0.15, 0.2) is 28.8 Å². The molecule has 6 heteroatoms. The van der Waals surface area contributed by atoms with Gasteiger partial charge in [-0.15, -0.1) is 0 Å². The summed E-state index contributed by atoms with van der Waals surface area (Å²) in [6.07, 6.45) is 1.28. The van der Waals surface area contributed by atoms with Crippen LogP contribution in [0.3, 0.4) is 0 Å². The van der Waals surface area contributed by atoms with Crippen LogP contribution in [-0.2, 0) is 22.4 Å². The third-order valence-corrected chi connectivity index (χ3v) is 4.19. The highest BCUT2D eigenvalue weighted by Crippen LogP contribution is 2.16. The molecule has 6 nitrogen and oxygen atoms in total. The molecule has 1 amide bonds. The van der Waals surface area contributed by atoms with Crippen molar-refractivity contribution < 1.29 is 18.8 Å². The quantitative estimate of drug-likeness (QED) is 0.733. The van der Waals surface area contributed by atoms with E-state index in [1.165, 1.54) is 5.56 Å². The van der Waals surface area contributed by atoms with E-state index in [-0.39, 0.29) is 12.5 Å². The minimum atomic E-state index is -0.583. The van der Waals surface area contributed by atoms with E-state index < -0.39 is 5.97 Å². The molecular weight excluding hydrogens is 332 g/mol. The van der Waals surface area contributed by atoms with Crippen LogP contribution in [0, 0.1) is 6.92 Å². The molecule has 2 rings (SSSR count). The predicted octanol–water partition coefficient (Wildman–Crippen LogP) is 3.18. The lowest BCUT2D eigenvalue weighted by Gasteiger charge is -2.08. The average molecular weight is 358 g/mol. The molecule has 1 heterocycles. The first-order valence-electron chi connectivity index (χ1n) is 8.90. The Kier molecular flexibility index (Phi) is 6.95. The van der Waals surface area contributed by atoms with Crippen LogP contribution in [0.25, 0.3) is 0 Å². The topological polar surface area (TPSA) is 81.4 Å². The molecule has 0 saturated carbocycles. The maximum Gasteiger partial charge on any atom is 0.344 e. The van der Waals surface area contributed by atoms with Crippen LogP contribution in [0.2, 0.25) is 0 Å². The summed E-state index contributed by atoms with van der Waals surface area (Å²) in [7, 11) is 0. The smallest absolute Gasteiger partial charge is 0.344 e. The van der Waals surface area contributed by atoms with E-state index in [1.807, 2.05) is 6.92 Å². The first-order valence-corrected chi connectivity index (χ1v) is 8.90. The minimum Gasteiger partial charge on any atom is -0.452 e. The monoisotopic (exact) mass is 358 g/mol. The highest BCUT2D eigenvalue weighted by atomic mass is 16.5. The van der Waals surface area contributed by atoms with Crippen LogP contribution in [0.5, 0.6) is 0 Å². The molecule has 0 atom stereocenters. The molecule has 0 bridgehead atoms. The number of nitrogens with one attached hydrogen (secondary N) is 1. The Bertz CT molecular complexity index is 748. The Balaban J connectivity index is 1.75. The van der Waals surface area contributed by atoms with Crippen molar-refractivity contribution in [2.75, 3.05) is 13.2 Å². The summed E-state index contributed by atoms with van der Waals surface area (Å²) in [6.45, 7) is 7.99. The van der Waals surface area contributed by atoms with Crippen molar-refractivity contribution >= 4 is 11.9 Å². The van der Waals surface area contributed by atoms with Crippen molar-refractivity contribution in [1.82, 2.24) is 10.5 Å². The Hall–Kier alpha value is -2.63. The first kappa shape index (κ1) is 19.7. The number of amides is 1. The van der Waals surface area contributed by atoms with Gasteiger partial charge in [-0.25, -0.2) is 4.79 Å². The zero-order valence-electron chi connectivity index (χ0n) is 15.8. The lowest BCUT2D eigenvalue weighted by Crippen LogP contribution is -2.30. The first-order chi connectivity index (χ1) is 12.4. The van der Waals surface area contributed by atoms with E-state index in [2.05, 4.69) is 48.6 Å². The molecule has 0 aliphatic rings. The summed E-state index contributed by atoms with van der Waals surface area (Å²) in [5.41, 5.74) is 3.29. The van der Waals surface area contributed by atoms with Crippen molar-refractivity contribution in [3.05, 3.63) is 52.4 Å². The zero-order chi connectivity index (χ0) is 19.1. The highest BCUT2D eigenvalue weighted by Gasteiger charge is 2.21. The number of hydrogen-bond acceptors (Lipinski definition) is 5. The van der Waals surface area contributed by atoms with E-state index in [9.17, 15) is 9.59 Å². The van der Waals surface area contributed by atoms with Gasteiger partial charge in [-0.3, -0.25) is 4.79 Å². The van der Waals surface area contributed by atoms with Gasteiger partial charge >= 0.3 is 5.97 Å². The SMILES string of the molecule is CCc1noc(C)c1C(=O)OCC(=O)NCCc1ccc(C(C)C)cc1. The van der Waals surface area contributed by atoms with Crippen LogP contribution >= 0.6 is 0 Å². The summed E-state index contributed by atoms with van der Waals surface area (Å²) in [4.78, 5) is 24.0. The number of rotatable bonds is 8. The van der Waals surface area contributed by atoms with Crippen LogP contribution in [0.1, 0.15) is 59.6 Å². The predicted molar refractivity (Wildman–Crippen MR) is 98.1 cm³/mol. The summed E-state index contributed by atoms with van der Waals surface area (Å²) >= 11 is 0. The number of ether oxygens (including phenoxy) is 1. The minimum absolute atomic E-state index is 0.311. The van der Waals surface area contributed by atoms with Crippen LogP contribution < -0.4 is 5.32 Å². The van der Waals surface area contributed by atoms with Gasteiger partial charge in [-0.2, -0.15) is 0 Å². The van der Waals surface area contributed by atoms with Gasteiger partial charge in [-0.05, 0) is 36.8 Å². The maximum atomic E-state index is 12.1. The van der Waals surface area contributed by atoms with E-state index in [4.69, 9.17) is 9.26 Å². The highest BCUT2D eigenvalue weighted by molar-refractivity contribution is 5.93. The van der Waals surface area contributed by atoms with Gasteiger partial charge in [0, 0.05) is 6.54 Å². The van der Waals surface area contributed by atoms with Gasteiger partial charge in [0.25, 0.3) is 5.91 Å². The van der Waals surface area contributed by atoms with Crippen molar-refractivity contribution in [3.8, 4) is 0 Å². The van der Waals surface area contributed by atoms with Gasteiger partial charge in [0.1, 0.15) is 11.3 Å². The number of carbonyl (C=O) groups is 2. The zero-order valence-corrected chi connectivity index (χ0v) is 15.8. The lowest BCUT2D eigenvalue weighted by atomic mass is 10.0. The maximum absolute atomic E-state index is 12.1. The number of carbonyl (C=O) groups excluding carboxylic acids is 2. The van der Waals surface area contributed by atoms with Gasteiger partial charge in [0.15, 0.2) is 6.61 Å². The van der Waals surface area contributed by atoms with Crippen LogP contribution in [-0.4, -0.2) is 30.2 Å². The standard InChI is InChI=1S/C20H26N2O4/c1-5-17-19(14(4)26-22-17)20(24)25-12-18(23)21-11-10-15-6-8-16(9-7-15)13(2)3/h6-9,13H,5,10-12H2,1-4H3,(H,21,23). The van der Waals surface area contributed by atoms with E-state index in [0.717, 1.165) is 12.0 Å². The molecule has 0 aliphatic carbocycles. The molecular formula is C20H26N2O4. The molecule has 1 aromatic heterocycles. The molecule has 0 spiro atoms. The second-order valence-corrected chi connectivity index (χ2v) is 6.49. The number of nitrogens with zero attached hydrogens (tertiary/aromatic N) is 1. The fourth-order valence-electron chi connectivity index (χ4n) is 2.59. The van der Waals surface area contributed by atoms with Gasteiger partial charge < -0.3 is 14.6 Å². The summed E-state index contributed by atoms with van der Waals surface area (Å²) < 4.78 is 10.1.